The summed E-state index contributed by atoms with van der Waals surface area (Å²) in [6, 6.07) is 3.34. The van der Waals surface area contributed by atoms with Crippen molar-refractivity contribution in [3.63, 3.8) is 0 Å². The Balaban J connectivity index is 3.02. The van der Waals surface area contributed by atoms with Crippen molar-refractivity contribution in [3.05, 3.63) is 36.5 Å². The zero-order valence-electron chi connectivity index (χ0n) is 10.6. The second kappa shape index (κ2) is 5.45. The zero-order chi connectivity index (χ0) is 13.1. The van der Waals surface area contributed by atoms with E-state index in [9.17, 15) is 8.42 Å². The van der Waals surface area contributed by atoms with Gasteiger partial charge in [0.05, 0.1) is 5.25 Å². The Morgan fingerprint density at radius 1 is 1.41 bits per heavy atom. The molecular formula is C13H19NO2S. The van der Waals surface area contributed by atoms with Crippen LogP contribution in [0.2, 0.25) is 0 Å². The Morgan fingerprint density at radius 3 is 2.53 bits per heavy atom. The van der Waals surface area contributed by atoms with Gasteiger partial charge in [0.2, 0.25) is 0 Å². The second-order valence-electron chi connectivity index (χ2n) is 4.43. The number of aromatic nitrogens is 1. The summed E-state index contributed by atoms with van der Waals surface area (Å²) < 4.78 is 24.5. The number of nitrogens with zero attached hydrogens (tertiary/aromatic N) is 1. The Bertz CT molecular complexity index is 477. The van der Waals surface area contributed by atoms with E-state index in [-0.39, 0.29) is 10.9 Å². The molecule has 1 heterocycles. The summed E-state index contributed by atoms with van der Waals surface area (Å²) in [7, 11) is -3.34. The van der Waals surface area contributed by atoms with E-state index >= 15 is 0 Å². The molecule has 0 amide bonds. The van der Waals surface area contributed by atoms with Gasteiger partial charge in [0.1, 0.15) is 0 Å². The van der Waals surface area contributed by atoms with Gasteiger partial charge in [0, 0.05) is 6.20 Å². The minimum atomic E-state index is -3.34. The molecule has 0 aliphatic carbocycles. The molecule has 1 rings (SSSR count). The Morgan fingerprint density at radius 2 is 2.06 bits per heavy atom. The molecule has 0 aromatic carbocycles. The van der Waals surface area contributed by atoms with Gasteiger partial charge < -0.3 is 0 Å². The van der Waals surface area contributed by atoms with E-state index in [2.05, 4.69) is 11.6 Å². The van der Waals surface area contributed by atoms with Crippen LogP contribution in [0.4, 0.5) is 0 Å². The first kappa shape index (κ1) is 13.9. The largest absolute Gasteiger partial charge is 0.244 e. The average Bonchev–Trinajstić information content (AvgIpc) is 2.29. The van der Waals surface area contributed by atoms with E-state index in [1.165, 1.54) is 0 Å². The van der Waals surface area contributed by atoms with Crippen LogP contribution in [-0.2, 0) is 9.84 Å². The van der Waals surface area contributed by atoms with Crippen LogP contribution in [0.25, 0.3) is 0 Å². The smallest absolute Gasteiger partial charge is 0.198 e. The van der Waals surface area contributed by atoms with Crippen LogP contribution >= 0.6 is 0 Å². The van der Waals surface area contributed by atoms with Gasteiger partial charge >= 0.3 is 0 Å². The topological polar surface area (TPSA) is 47.0 Å². The predicted molar refractivity (Wildman–Crippen MR) is 69.6 cm³/mol. The number of sulfone groups is 1. The molecule has 3 nitrogen and oxygen atoms in total. The quantitative estimate of drug-likeness (QED) is 0.758. The van der Waals surface area contributed by atoms with E-state index in [4.69, 9.17) is 0 Å². The van der Waals surface area contributed by atoms with Crippen LogP contribution in [0.3, 0.4) is 0 Å². The lowest BCUT2D eigenvalue weighted by atomic mass is 10.1. The van der Waals surface area contributed by atoms with Gasteiger partial charge in [-0.15, -0.1) is 6.58 Å². The molecule has 0 fully saturated rings. The molecule has 4 heteroatoms. The van der Waals surface area contributed by atoms with Crippen LogP contribution in [-0.4, -0.2) is 18.7 Å². The minimum Gasteiger partial charge on any atom is -0.244 e. The molecule has 0 saturated heterocycles. The van der Waals surface area contributed by atoms with Gasteiger partial charge in [-0.3, -0.25) is 0 Å². The van der Waals surface area contributed by atoms with Crippen molar-refractivity contribution in [2.75, 3.05) is 0 Å². The fourth-order valence-corrected chi connectivity index (χ4v) is 3.13. The molecule has 0 aliphatic heterocycles. The molecular weight excluding hydrogens is 234 g/mol. The summed E-state index contributed by atoms with van der Waals surface area (Å²) in [6.07, 6.45) is 4.02. The number of rotatable bonds is 5. The highest BCUT2D eigenvalue weighted by molar-refractivity contribution is 7.92. The van der Waals surface area contributed by atoms with E-state index in [1.54, 1.807) is 31.3 Å². The van der Waals surface area contributed by atoms with Crippen LogP contribution in [0, 0.1) is 12.8 Å². The molecule has 0 saturated carbocycles. The molecule has 1 aromatic heterocycles. The lowest BCUT2D eigenvalue weighted by Crippen LogP contribution is -2.25. The van der Waals surface area contributed by atoms with Crippen molar-refractivity contribution in [2.24, 2.45) is 5.92 Å². The van der Waals surface area contributed by atoms with Crippen molar-refractivity contribution in [3.8, 4) is 0 Å². The molecule has 1 aromatic rings. The third kappa shape index (κ3) is 3.16. The molecule has 0 N–H and O–H groups in total. The maximum Gasteiger partial charge on any atom is 0.198 e. The van der Waals surface area contributed by atoms with E-state index < -0.39 is 15.1 Å². The number of hydrogen-bond acceptors (Lipinski definition) is 3. The number of pyridine rings is 1. The van der Waals surface area contributed by atoms with Gasteiger partial charge in [-0.05, 0) is 37.8 Å². The van der Waals surface area contributed by atoms with Crippen molar-refractivity contribution in [1.82, 2.24) is 4.98 Å². The first-order valence-electron chi connectivity index (χ1n) is 5.67. The zero-order valence-corrected chi connectivity index (χ0v) is 11.4. The molecule has 0 unspecified atom stereocenters. The fourth-order valence-electron chi connectivity index (χ4n) is 1.57. The summed E-state index contributed by atoms with van der Waals surface area (Å²) in [4.78, 5) is 4.00. The number of allylic oxidation sites excluding steroid dienone is 1. The predicted octanol–water partition coefficient (Wildman–Crippen LogP) is 2.76. The third-order valence-corrected chi connectivity index (χ3v) is 5.27. The van der Waals surface area contributed by atoms with E-state index in [0.717, 1.165) is 5.56 Å². The molecule has 2 atom stereocenters. The number of aryl methyl sites for hydroxylation is 1. The first-order chi connectivity index (χ1) is 7.89. The SMILES string of the molecule is C=CC[C@H](C)[C@@H](C)S(=O)(=O)c1ccc(C)cn1. The maximum atomic E-state index is 12.3. The maximum absolute atomic E-state index is 12.3. The highest BCUT2D eigenvalue weighted by atomic mass is 32.2. The van der Waals surface area contributed by atoms with E-state index in [1.807, 2.05) is 13.8 Å². The molecule has 17 heavy (non-hydrogen) atoms. The standard InChI is InChI=1S/C13H19NO2S/c1-5-6-11(3)12(4)17(15,16)13-8-7-10(2)9-14-13/h5,7-9,11-12H,1,6H2,2-4H3/t11-,12+/m0/s1. The second-order valence-corrected chi connectivity index (χ2v) is 6.68. The summed E-state index contributed by atoms with van der Waals surface area (Å²) in [5.41, 5.74) is 0.954. The van der Waals surface area contributed by atoms with Crippen LogP contribution < -0.4 is 0 Å². The normalized spacial score (nSPS) is 15.2. The van der Waals surface area contributed by atoms with Crippen LogP contribution in [0.5, 0.6) is 0 Å². The summed E-state index contributed by atoms with van der Waals surface area (Å²) in [6.45, 7) is 9.16. The fraction of sp³-hybridized carbons (Fsp3) is 0.462. The van der Waals surface area contributed by atoms with Gasteiger partial charge in [-0.1, -0.05) is 19.1 Å². The summed E-state index contributed by atoms with van der Waals surface area (Å²) in [5.74, 6) is 0.0422. The first-order valence-corrected chi connectivity index (χ1v) is 7.21. The van der Waals surface area contributed by atoms with Crippen molar-refractivity contribution in [2.45, 2.75) is 37.5 Å². The lowest BCUT2D eigenvalue weighted by Gasteiger charge is -2.18. The van der Waals surface area contributed by atoms with E-state index in [0.29, 0.717) is 6.42 Å². The molecule has 0 aliphatic rings. The van der Waals surface area contributed by atoms with Crippen LogP contribution in [0.1, 0.15) is 25.8 Å². The average molecular weight is 253 g/mol. The van der Waals surface area contributed by atoms with Gasteiger partial charge in [-0.25, -0.2) is 13.4 Å². The summed E-state index contributed by atoms with van der Waals surface area (Å²) >= 11 is 0. The summed E-state index contributed by atoms with van der Waals surface area (Å²) in [5, 5.41) is -0.290. The minimum absolute atomic E-state index is 0.0422. The molecule has 94 valence electrons. The van der Waals surface area contributed by atoms with Gasteiger partial charge in [0.15, 0.2) is 14.9 Å². The third-order valence-electron chi connectivity index (χ3n) is 3.00. The molecule has 0 spiro atoms. The van der Waals surface area contributed by atoms with Crippen molar-refractivity contribution < 1.29 is 8.42 Å². The monoisotopic (exact) mass is 253 g/mol. The number of hydrogen-bond donors (Lipinski definition) is 0. The van der Waals surface area contributed by atoms with Gasteiger partial charge in [0.25, 0.3) is 0 Å². The highest BCUT2D eigenvalue weighted by Crippen LogP contribution is 2.22. The molecule has 0 radical (unpaired) electrons. The van der Waals surface area contributed by atoms with Crippen molar-refractivity contribution in [1.29, 1.82) is 0 Å². The Hall–Kier alpha value is -1.16. The van der Waals surface area contributed by atoms with Crippen LogP contribution in [0.15, 0.2) is 36.0 Å². The van der Waals surface area contributed by atoms with Gasteiger partial charge in [-0.2, -0.15) is 0 Å². The molecule has 0 bridgehead atoms. The Labute approximate surface area is 104 Å². The lowest BCUT2D eigenvalue weighted by molar-refractivity contribution is 0.522. The highest BCUT2D eigenvalue weighted by Gasteiger charge is 2.28. The van der Waals surface area contributed by atoms with Crippen molar-refractivity contribution >= 4 is 9.84 Å². The Kier molecular flexibility index (Phi) is 4.46.